The minimum Gasteiger partial charge on any atom is -0.326 e. The summed E-state index contributed by atoms with van der Waals surface area (Å²) < 4.78 is 12.8. The van der Waals surface area contributed by atoms with Crippen molar-refractivity contribution in [3.05, 3.63) is 30.1 Å². The third kappa shape index (κ3) is 2.55. The van der Waals surface area contributed by atoms with Gasteiger partial charge in [-0.2, -0.15) is 0 Å². The Kier molecular flexibility index (Phi) is 3.28. The molecule has 92 valence electrons. The summed E-state index contributed by atoms with van der Waals surface area (Å²) in [6.07, 6.45) is 0.476. The van der Waals surface area contributed by atoms with Crippen LogP contribution in [0.25, 0.3) is 0 Å². The highest BCUT2D eigenvalue weighted by molar-refractivity contribution is 5.81. The van der Waals surface area contributed by atoms with Gasteiger partial charge in [-0.25, -0.2) is 4.39 Å². The number of hydrogen-bond donors (Lipinski definition) is 1. The van der Waals surface area contributed by atoms with E-state index in [1.807, 2.05) is 11.9 Å². The molecule has 1 fully saturated rings. The largest absolute Gasteiger partial charge is 0.326 e. The van der Waals surface area contributed by atoms with E-state index in [1.165, 1.54) is 12.1 Å². The van der Waals surface area contributed by atoms with Crippen molar-refractivity contribution in [1.82, 2.24) is 5.01 Å². The summed E-state index contributed by atoms with van der Waals surface area (Å²) in [5.41, 5.74) is 6.54. The maximum absolute atomic E-state index is 12.8. The zero-order valence-corrected chi connectivity index (χ0v) is 9.77. The van der Waals surface area contributed by atoms with Gasteiger partial charge in [0.1, 0.15) is 5.82 Å². The molecular weight excluding hydrogens is 221 g/mol. The van der Waals surface area contributed by atoms with Gasteiger partial charge < -0.3 is 5.73 Å². The van der Waals surface area contributed by atoms with E-state index in [9.17, 15) is 9.18 Å². The third-order valence-electron chi connectivity index (χ3n) is 2.70. The second kappa shape index (κ2) is 4.71. The molecule has 17 heavy (non-hydrogen) atoms. The average molecular weight is 237 g/mol. The van der Waals surface area contributed by atoms with Crippen molar-refractivity contribution in [1.29, 1.82) is 0 Å². The number of halogens is 1. The van der Waals surface area contributed by atoms with Crippen LogP contribution in [0.2, 0.25) is 0 Å². The number of carbonyl (C=O) groups excluding carboxylic acids is 1. The molecule has 0 aromatic heterocycles. The zero-order chi connectivity index (χ0) is 12.4. The third-order valence-corrected chi connectivity index (χ3v) is 2.70. The lowest BCUT2D eigenvalue weighted by atomic mass is 10.3. The van der Waals surface area contributed by atoms with Gasteiger partial charge in [-0.05, 0) is 31.2 Å². The predicted octanol–water partition coefficient (Wildman–Crippen LogP) is 1.13. The van der Waals surface area contributed by atoms with Crippen molar-refractivity contribution in [3.8, 4) is 0 Å². The van der Waals surface area contributed by atoms with Crippen LogP contribution in [-0.4, -0.2) is 30.0 Å². The fourth-order valence-corrected chi connectivity index (χ4v) is 1.94. The number of anilines is 1. The first-order valence-electron chi connectivity index (χ1n) is 5.67. The SMILES string of the molecule is CC(N)CN1C(=O)CCN1c1ccc(F)cc1. The van der Waals surface area contributed by atoms with Crippen LogP contribution in [0.1, 0.15) is 13.3 Å². The van der Waals surface area contributed by atoms with Crippen LogP contribution in [0.4, 0.5) is 10.1 Å². The number of amides is 1. The number of benzene rings is 1. The molecule has 1 amide bonds. The Balaban J connectivity index is 2.19. The summed E-state index contributed by atoms with van der Waals surface area (Å²) in [6.45, 7) is 2.96. The number of nitrogens with zero attached hydrogens (tertiary/aromatic N) is 2. The van der Waals surface area contributed by atoms with Crippen LogP contribution in [0, 0.1) is 5.82 Å². The number of hydrogen-bond acceptors (Lipinski definition) is 3. The summed E-state index contributed by atoms with van der Waals surface area (Å²) in [6, 6.07) is 6.04. The van der Waals surface area contributed by atoms with Crippen LogP contribution in [0.3, 0.4) is 0 Å². The van der Waals surface area contributed by atoms with Crippen molar-refractivity contribution < 1.29 is 9.18 Å². The Morgan fingerprint density at radius 1 is 1.41 bits per heavy atom. The first-order valence-corrected chi connectivity index (χ1v) is 5.67. The maximum atomic E-state index is 12.8. The molecule has 0 saturated carbocycles. The first kappa shape index (κ1) is 11.9. The molecule has 0 aliphatic carbocycles. The molecule has 0 bridgehead atoms. The quantitative estimate of drug-likeness (QED) is 0.857. The number of nitrogens with two attached hydrogens (primary N) is 1. The summed E-state index contributed by atoms with van der Waals surface area (Å²) in [5, 5.41) is 3.49. The van der Waals surface area contributed by atoms with Gasteiger partial charge in [0.05, 0.1) is 12.2 Å². The highest BCUT2D eigenvalue weighted by Crippen LogP contribution is 2.22. The summed E-state index contributed by atoms with van der Waals surface area (Å²) >= 11 is 0. The monoisotopic (exact) mass is 237 g/mol. The van der Waals surface area contributed by atoms with Gasteiger partial charge in [0.25, 0.3) is 0 Å². The molecule has 4 nitrogen and oxygen atoms in total. The second-order valence-electron chi connectivity index (χ2n) is 4.30. The summed E-state index contributed by atoms with van der Waals surface area (Å²) in [7, 11) is 0. The average Bonchev–Trinajstić information content (AvgIpc) is 2.61. The molecule has 2 N–H and O–H groups in total. The van der Waals surface area contributed by atoms with Crippen molar-refractivity contribution >= 4 is 11.6 Å². The molecule has 1 aromatic rings. The number of hydrazine groups is 1. The topological polar surface area (TPSA) is 49.6 Å². The molecule has 1 aliphatic rings. The Labute approximate surface area is 99.8 Å². The molecule has 0 radical (unpaired) electrons. The van der Waals surface area contributed by atoms with Crippen molar-refractivity contribution in [2.45, 2.75) is 19.4 Å². The van der Waals surface area contributed by atoms with Crippen molar-refractivity contribution in [2.75, 3.05) is 18.1 Å². The van der Waals surface area contributed by atoms with E-state index in [0.717, 1.165) is 5.69 Å². The molecule has 0 spiro atoms. The molecule has 1 aromatic carbocycles. The molecule has 1 heterocycles. The van der Waals surface area contributed by atoms with Gasteiger partial charge in [-0.15, -0.1) is 0 Å². The van der Waals surface area contributed by atoms with Gasteiger partial charge in [-0.1, -0.05) is 0 Å². The molecule has 1 saturated heterocycles. The lowest BCUT2D eigenvalue weighted by Gasteiger charge is -2.30. The van der Waals surface area contributed by atoms with Gasteiger partial charge in [0.2, 0.25) is 5.91 Å². The number of rotatable bonds is 3. The van der Waals surface area contributed by atoms with Gasteiger partial charge in [0, 0.05) is 19.0 Å². The lowest BCUT2D eigenvalue weighted by molar-refractivity contribution is -0.128. The Morgan fingerprint density at radius 2 is 2.06 bits per heavy atom. The maximum Gasteiger partial charge on any atom is 0.242 e. The molecule has 2 rings (SSSR count). The fourth-order valence-electron chi connectivity index (χ4n) is 1.94. The Bertz CT molecular complexity index is 405. The molecular formula is C12H16FN3O. The van der Waals surface area contributed by atoms with Crippen LogP contribution in [0.5, 0.6) is 0 Å². The highest BCUT2D eigenvalue weighted by Gasteiger charge is 2.29. The first-order chi connectivity index (χ1) is 8.08. The van der Waals surface area contributed by atoms with E-state index in [-0.39, 0.29) is 17.8 Å². The van der Waals surface area contributed by atoms with Crippen LogP contribution < -0.4 is 10.7 Å². The smallest absolute Gasteiger partial charge is 0.242 e. The Hall–Kier alpha value is -1.62. The van der Waals surface area contributed by atoms with E-state index in [1.54, 1.807) is 17.1 Å². The molecule has 1 unspecified atom stereocenters. The molecule has 1 atom stereocenters. The van der Waals surface area contributed by atoms with Gasteiger partial charge >= 0.3 is 0 Å². The summed E-state index contributed by atoms with van der Waals surface area (Å²) in [4.78, 5) is 11.7. The van der Waals surface area contributed by atoms with E-state index in [2.05, 4.69) is 0 Å². The predicted molar refractivity (Wildman–Crippen MR) is 63.7 cm³/mol. The van der Waals surface area contributed by atoms with Crippen molar-refractivity contribution in [3.63, 3.8) is 0 Å². The van der Waals surface area contributed by atoms with E-state index >= 15 is 0 Å². The normalized spacial score (nSPS) is 17.7. The molecule has 5 heteroatoms. The Morgan fingerprint density at radius 3 is 2.65 bits per heavy atom. The van der Waals surface area contributed by atoms with Crippen LogP contribution in [0.15, 0.2) is 24.3 Å². The zero-order valence-electron chi connectivity index (χ0n) is 9.77. The summed E-state index contributed by atoms with van der Waals surface area (Å²) in [5.74, 6) is -0.218. The van der Waals surface area contributed by atoms with Crippen LogP contribution >= 0.6 is 0 Å². The van der Waals surface area contributed by atoms with Gasteiger partial charge in [0.15, 0.2) is 0 Å². The fraction of sp³-hybridized carbons (Fsp3) is 0.417. The standard InChI is InChI=1S/C12H16FN3O/c1-9(14)8-16-12(17)6-7-15(16)11-4-2-10(13)3-5-11/h2-5,9H,6-8,14H2,1H3. The minimum atomic E-state index is -0.280. The van der Waals surface area contributed by atoms with Crippen LogP contribution in [-0.2, 0) is 4.79 Å². The van der Waals surface area contributed by atoms with Crippen molar-refractivity contribution in [2.24, 2.45) is 5.73 Å². The van der Waals surface area contributed by atoms with E-state index in [4.69, 9.17) is 5.73 Å². The minimum absolute atomic E-state index is 0.0617. The van der Waals surface area contributed by atoms with Gasteiger partial charge in [-0.3, -0.25) is 14.8 Å². The number of carbonyl (C=O) groups is 1. The van der Waals surface area contributed by atoms with E-state index in [0.29, 0.717) is 19.5 Å². The second-order valence-corrected chi connectivity index (χ2v) is 4.30. The lowest BCUT2D eigenvalue weighted by Crippen LogP contribution is -2.45. The van der Waals surface area contributed by atoms with E-state index < -0.39 is 0 Å². The highest BCUT2D eigenvalue weighted by atomic mass is 19.1. The molecule has 1 aliphatic heterocycles.